The molecule has 0 heterocycles. The Morgan fingerprint density at radius 2 is 1.88 bits per heavy atom. The second kappa shape index (κ2) is 6.46. The van der Waals surface area contributed by atoms with E-state index < -0.39 is 10.0 Å². The monoisotopic (exact) mass is 258 g/mol. The molecule has 96 valence electrons. The fourth-order valence-corrected chi connectivity index (χ4v) is 2.51. The summed E-state index contributed by atoms with van der Waals surface area (Å²) >= 11 is 0. The molecule has 1 aromatic rings. The molecule has 0 bridgehead atoms. The predicted molar refractivity (Wildman–Crippen MR) is 68.7 cm³/mol. The van der Waals surface area contributed by atoms with Crippen LogP contribution in [0, 0.1) is 0 Å². The SMILES string of the molecule is COc1ccc(NS(=O)(=O)CCCCN)cc1. The molecule has 0 aliphatic heterocycles. The number of hydrogen-bond donors (Lipinski definition) is 2. The molecule has 3 N–H and O–H groups in total. The Bertz CT molecular complexity index is 429. The van der Waals surface area contributed by atoms with Gasteiger partial charge in [0.15, 0.2) is 0 Å². The third-order valence-corrected chi connectivity index (χ3v) is 3.60. The fraction of sp³-hybridized carbons (Fsp3) is 0.455. The molecule has 0 radical (unpaired) electrons. The molecule has 1 rings (SSSR count). The minimum absolute atomic E-state index is 0.0935. The third kappa shape index (κ3) is 5.06. The minimum Gasteiger partial charge on any atom is -0.497 e. The first kappa shape index (κ1) is 13.8. The van der Waals surface area contributed by atoms with Crippen LogP contribution in [0.5, 0.6) is 5.75 Å². The average molecular weight is 258 g/mol. The number of ether oxygens (including phenoxy) is 1. The largest absolute Gasteiger partial charge is 0.497 e. The second-order valence-electron chi connectivity index (χ2n) is 3.65. The van der Waals surface area contributed by atoms with Crippen LogP contribution in [0.15, 0.2) is 24.3 Å². The first-order valence-electron chi connectivity index (χ1n) is 5.42. The van der Waals surface area contributed by atoms with Gasteiger partial charge in [-0.1, -0.05) is 0 Å². The van der Waals surface area contributed by atoms with Gasteiger partial charge in [-0.2, -0.15) is 0 Å². The van der Waals surface area contributed by atoms with Gasteiger partial charge in [0.05, 0.1) is 12.9 Å². The summed E-state index contributed by atoms with van der Waals surface area (Å²) in [7, 11) is -1.71. The maximum atomic E-state index is 11.6. The molecule has 17 heavy (non-hydrogen) atoms. The summed E-state index contributed by atoms with van der Waals surface area (Å²) < 4.78 is 30.8. The van der Waals surface area contributed by atoms with Crippen molar-refractivity contribution in [3.63, 3.8) is 0 Å². The lowest BCUT2D eigenvalue weighted by molar-refractivity contribution is 0.415. The molecular formula is C11H18N2O3S. The summed E-state index contributed by atoms with van der Waals surface area (Å²) in [4.78, 5) is 0. The predicted octanol–water partition coefficient (Wildman–Crippen LogP) is 1.18. The summed E-state index contributed by atoms with van der Waals surface area (Å²) in [6, 6.07) is 6.74. The zero-order valence-electron chi connectivity index (χ0n) is 9.85. The molecule has 0 aliphatic rings. The first-order valence-corrected chi connectivity index (χ1v) is 7.07. The Kier molecular flexibility index (Phi) is 5.24. The van der Waals surface area contributed by atoms with Gasteiger partial charge in [0, 0.05) is 5.69 Å². The van der Waals surface area contributed by atoms with Crippen LogP contribution in [0.3, 0.4) is 0 Å². The number of benzene rings is 1. The lowest BCUT2D eigenvalue weighted by atomic mass is 10.3. The van der Waals surface area contributed by atoms with Crippen LogP contribution in [-0.2, 0) is 10.0 Å². The number of methoxy groups -OCH3 is 1. The van der Waals surface area contributed by atoms with Crippen LogP contribution in [0.4, 0.5) is 5.69 Å². The van der Waals surface area contributed by atoms with Gasteiger partial charge >= 0.3 is 0 Å². The summed E-state index contributed by atoms with van der Waals surface area (Å²) in [6.45, 7) is 0.512. The van der Waals surface area contributed by atoms with E-state index in [-0.39, 0.29) is 5.75 Å². The van der Waals surface area contributed by atoms with E-state index in [0.29, 0.717) is 30.8 Å². The number of nitrogens with two attached hydrogens (primary N) is 1. The van der Waals surface area contributed by atoms with Gasteiger partial charge < -0.3 is 10.5 Å². The molecule has 0 aromatic heterocycles. The maximum Gasteiger partial charge on any atom is 0.232 e. The van der Waals surface area contributed by atoms with E-state index in [2.05, 4.69) is 4.72 Å². The van der Waals surface area contributed by atoms with Crippen molar-refractivity contribution < 1.29 is 13.2 Å². The average Bonchev–Trinajstić information content (AvgIpc) is 2.30. The highest BCUT2D eigenvalue weighted by atomic mass is 32.2. The highest BCUT2D eigenvalue weighted by Crippen LogP contribution is 2.16. The van der Waals surface area contributed by atoms with Crippen molar-refractivity contribution in [1.82, 2.24) is 0 Å². The van der Waals surface area contributed by atoms with Crippen LogP contribution in [0.25, 0.3) is 0 Å². The highest BCUT2D eigenvalue weighted by molar-refractivity contribution is 7.92. The molecule has 0 atom stereocenters. The van der Waals surface area contributed by atoms with Crippen molar-refractivity contribution in [2.24, 2.45) is 5.73 Å². The highest BCUT2D eigenvalue weighted by Gasteiger charge is 2.09. The maximum absolute atomic E-state index is 11.6. The van der Waals surface area contributed by atoms with E-state index in [1.54, 1.807) is 31.4 Å². The molecule has 0 saturated carbocycles. The van der Waals surface area contributed by atoms with E-state index in [9.17, 15) is 8.42 Å². The van der Waals surface area contributed by atoms with Crippen molar-refractivity contribution in [3.8, 4) is 5.75 Å². The normalized spacial score (nSPS) is 11.2. The molecule has 0 spiro atoms. The van der Waals surface area contributed by atoms with Crippen LogP contribution in [0.2, 0.25) is 0 Å². The summed E-state index contributed by atoms with van der Waals surface area (Å²) in [5, 5.41) is 0. The van der Waals surface area contributed by atoms with Crippen LogP contribution in [-0.4, -0.2) is 27.8 Å². The first-order chi connectivity index (χ1) is 8.07. The molecule has 0 unspecified atom stereocenters. The lowest BCUT2D eigenvalue weighted by Crippen LogP contribution is -2.17. The minimum atomic E-state index is -3.27. The van der Waals surface area contributed by atoms with Crippen molar-refractivity contribution >= 4 is 15.7 Å². The summed E-state index contributed by atoms with van der Waals surface area (Å²) in [6.07, 6.45) is 1.28. The Hall–Kier alpha value is -1.27. The van der Waals surface area contributed by atoms with Gasteiger partial charge in [0.1, 0.15) is 5.75 Å². The lowest BCUT2D eigenvalue weighted by Gasteiger charge is -2.08. The molecule has 0 saturated heterocycles. The third-order valence-electron chi connectivity index (χ3n) is 2.23. The molecular weight excluding hydrogens is 240 g/mol. The number of unbranched alkanes of at least 4 members (excludes halogenated alkanes) is 1. The molecule has 6 heteroatoms. The Morgan fingerprint density at radius 3 is 2.41 bits per heavy atom. The molecule has 0 amide bonds. The molecule has 0 aliphatic carbocycles. The van der Waals surface area contributed by atoms with Crippen molar-refractivity contribution in [2.75, 3.05) is 24.1 Å². The number of sulfonamides is 1. The van der Waals surface area contributed by atoms with Gasteiger partial charge in [-0.05, 0) is 43.7 Å². The summed E-state index contributed by atoms with van der Waals surface area (Å²) in [5.41, 5.74) is 5.85. The van der Waals surface area contributed by atoms with E-state index in [0.717, 1.165) is 0 Å². The van der Waals surface area contributed by atoms with Gasteiger partial charge in [-0.25, -0.2) is 8.42 Å². The van der Waals surface area contributed by atoms with Crippen molar-refractivity contribution in [3.05, 3.63) is 24.3 Å². The van der Waals surface area contributed by atoms with E-state index in [4.69, 9.17) is 10.5 Å². The number of nitrogens with one attached hydrogen (secondary N) is 1. The number of anilines is 1. The number of rotatable bonds is 7. The van der Waals surface area contributed by atoms with Crippen molar-refractivity contribution in [2.45, 2.75) is 12.8 Å². The Balaban J connectivity index is 2.56. The summed E-state index contributed by atoms with van der Waals surface area (Å²) in [5.74, 6) is 0.784. The Labute approximate surface area is 102 Å². The van der Waals surface area contributed by atoms with Crippen molar-refractivity contribution in [1.29, 1.82) is 0 Å². The zero-order chi connectivity index (χ0) is 12.7. The van der Waals surface area contributed by atoms with E-state index in [1.807, 2.05) is 0 Å². The van der Waals surface area contributed by atoms with Gasteiger partial charge in [-0.3, -0.25) is 4.72 Å². The van der Waals surface area contributed by atoms with Gasteiger partial charge in [-0.15, -0.1) is 0 Å². The zero-order valence-corrected chi connectivity index (χ0v) is 10.7. The molecule has 1 aromatic carbocycles. The Morgan fingerprint density at radius 1 is 1.24 bits per heavy atom. The fourth-order valence-electron chi connectivity index (χ4n) is 1.33. The van der Waals surface area contributed by atoms with Crippen LogP contribution >= 0.6 is 0 Å². The topological polar surface area (TPSA) is 81.4 Å². The van der Waals surface area contributed by atoms with E-state index >= 15 is 0 Å². The van der Waals surface area contributed by atoms with Crippen LogP contribution < -0.4 is 15.2 Å². The van der Waals surface area contributed by atoms with E-state index in [1.165, 1.54) is 0 Å². The van der Waals surface area contributed by atoms with Gasteiger partial charge in [0.25, 0.3) is 0 Å². The second-order valence-corrected chi connectivity index (χ2v) is 5.49. The quantitative estimate of drug-likeness (QED) is 0.719. The van der Waals surface area contributed by atoms with Gasteiger partial charge in [0.2, 0.25) is 10.0 Å². The molecule has 0 fully saturated rings. The molecule has 5 nitrogen and oxygen atoms in total. The standard InChI is InChI=1S/C11H18N2O3S/c1-16-11-6-4-10(5-7-11)13-17(14,15)9-3-2-8-12/h4-7,13H,2-3,8-9,12H2,1H3. The van der Waals surface area contributed by atoms with Crippen LogP contribution in [0.1, 0.15) is 12.8 Å². The smallest absolute Gasteiger partial charge is 0.232 e. The number of hydrogen-bond acceptors (Lipinski definition) is 4.